The second kappa shape index (κ2) is 7.99. The van der Waals surface area contributed by atoms with E-state index in [-0.39, 0.29) is 5.41 Å². The molecule has 0 atom stereocenters. The molecule has 158 valence electrons. The van der Waals surface area contributed by atoms with Crippen molar-refractivity contribution < 1.29 is 14.2 Å². The third-order valence-corrected chi connectivity index (χ3v) is 6.10. The first kappa shape index (κ1) is 20.2. The van der Waals surface area contributed by atoms with Crippen LogP contribution in [0.2, 0.25) is 0 Å². The monoisotopic (exact) mass is 408 g/mol. The first-order chi connectivity index (χ1) is 14.5. The molecule has 2 N–H and O–H groups in total. The quantitative estimate of drug-likeness (QED) is 0.640. The predicted octanol–water partition coefficient (Wildman–Crippen LogP) is 4.05. The second-order valence-electron chi connectivity index (χ2n) is 7.86. The molecule has 0 saturated carbocycles. The number of allylic oxidation sites excluding steroid dienone is 1. The minimum absolute atomic E-state index is 0.0462. The van der Waals surface area contributed by atoms with Gasteiger partial charge in [-0.15, -0.1) is 0 Å². The third-order valence-electron chi connectivity index (χ3n) is 6.10. The third kappa shape index (κ3) is 3.39. The number of piperidine rings is 1. The molecule has 0 spiro atoms. The van der Waals surface area contributed by atoms with Crippen LogP contribution in [-0.4, -0.2) is 49.4 Å². The van der Waals surface area contributed by atoms with E-state index in [4.69, 9.17) is 19.2 Å². The van der Waals surface area contributed by atoms with Crippen molar-refractivity contribution in [3.63, 3.8) is 0 Å². The van der Waals surface area contributed by atoms with Gasteiger partial charge in [0.1, 0.15) is 5.52 Å². The lowest BCUT2D eigenvalue weighted by molar-refractivity contribution is 0.315. The lowest BCUT2D eigenvalue weighted by Crippen LogP contribution is -2.35. The Morgan fingerprint density at radius 3 is 2.33 bits per heavy atom. The molecule has 0 aliphatic carbocycles. The van der Waals surface area contributed by atoms with Crippen LogP contribution < -0.4 is 19.5 Å². The number of hydrogen-bond acceptors (Lipinski definition) is 6. The van der Waals surface area contributed by atoms with Crippen molar-refractivity contribution in [1.82, 2.24) is 20.3 Å². The summed E-state index contributed by atoms with van der Waals surface area (Å²) in [6, 6.07) is 3.76. The number of aromatic nitrogens is 3. The van der Waals surface area contributed by atoms with Crippen LogP contribution >= 0.6 is 0 Å². The predicted molar refractivity (Wildman–Crippen MR) is 118 cm³/mol. The summed E-state index contributed by atoms with van der Waals surface area (Å²) in [5.41, 5.74) is 5.31. The summed E-state index contributed by atoms with van der Waals surface area (Å²) in [6.45, 7) is 8.73. The summed E-state index contributed by atoms with van der Waals surface area (Å²) in [5.74, 6) is 1.71. The van der Waals surface area contributed by atoms with Crippen LogP contribution in [0.4, 0.5) is 0 Å². The van der Waals surface area contributed by atoms with Crippen LogP contribution in [0.15, 0.2) is 31.1 Å². The largest absolute Gasteiger partial charge is 0.493 e. The Labute approximate surface area is 176 Å². The first-order valence-corrected chi connectivity index (χ1v) is 10.1. The highest BCUT2D eigenvalue weighted by Gasteiger charge is 2.32. The Morgan fingerprint density at radius 1 is 1.07 bits per heavy atom. The van der Waals surface area contributed by atoms with Gasteiger partial charge >= 0.3 is 0 Å². The zero-order chi connectivity index (χ0) is 21.3. The van der Waals surface area contributed by atoms with Crippen molar-refractivity contribution >= 4 is 16.7 Å². The number of fused-ring (bicyclic) bond motifs is 1. The average molecular weight is 409 g/mol. The molecule has 0 amide bonds. The summed E-state index contributed by atoms with van der Waals surface area (Å²) in [4.78, 5) is 12.8. The fourth-order valence-electron chi connectivity index (χ4n) is 4.09. The molecule has 1 aliphatic heterocycles. The van der Waals surface area contributed by atoms with Crippen LogP contribution in [0.3, 0.4) is 0 Å². The smallest absolute Gasteiger partial charge is 0.203 e. The number of benzene rings is 1. The molecule has 4 rings (SSSR count). The van der Waals surface area contributed by atoms with Gasteiger partial charge in [-0.3, -0.25) is 0 Å². The molecule has 1 fully saturated rings. The molecule has 3 aromatic rings. The van der Waals surface area contributed by atoms with Crippen LogP contribution in [0.1, 0.15) is 25.3 Å². The van der Waals surface area contributed by atoms with Crippen molar-refractivity contribution in [2.75, 3.05) is 34.4 Å². The van der Waals surface area contributed by atoms with Gasteiger partial charge in [0.05, 0.1) is 33.2 Å². The molecule has 0 unspecified atom stereocenters. The number of ether oxygens (including phenoxy) is 3. The second-order valence-corrected chi connectivity index (χ2v) is 7.86. The summed E-state index contributed by atoms with van der Waals surface area (Å²) < 4.78 is 16.4. The van der Waals surface area contributed by atoms with E-state index in [1.807, 2.05) is 18.3 Å². The molecule has 30 heavy (non-hydrogen) atoms. The molecule has 7 nitrogen and oxygen atoms in total. The number of methoxy groups -OCH3 is 3. The van der Waals surface area contributed by atoms with Crippen LogP contribution in [0, 0.1) is 5.41 Å². The summed E-state index contributed by atoms with van der Waals surface area (Å²) in [5, 5.41) is 3.43. The maximum Gasteiger partial charge on any atom is 0.203 e. The highest BCUT2D eigenvalue weighted by Crippen LogP contribution is 2.43. The normalized spacial score (nSPS) is 15.7. The molecular weight excluding hydrogens is 380 g/mol. The molecule has 1 aromatic carbocycles. The lowest BCUT2D eigenvalue weighted by Gasteiger charge is -2.35. The Bertz CT molecular complexity index is 1060. The molecule has 3 heterocycles. The van der Waals surface area contributed by atoms with Gasteiger partial charge in [-0.05, 0) is 49.1 Å². The molecule has 0 bridgehead atoms. The van der Waals surface area contributed by atoms with Crippen LogP contribution in [0.5, 0.6) is 17.2 Å². The van der Waals surface area contributed by atoms with Gasteiger partial charge < -0.3 is 24.5 Å². The van der Waals surface area contributed by atoms with Gasteiger partial charge in [0.15, 0.2) is 17.1 Å². The number of nitrogens with one attached hydrogen (secondary N) is 2. The highest BCUT2D eigenvalue weighted by atomic mass is 16.5. The average Bonchev–Trinajstić information content (AvgIpc) is 3.21. The van der Waals surface area contributed by atoms with E-state index >= 15 is 0 Å². The summed E-state index contributed by atoms with van der Waals surface area (Å²) >= 11 is 0. The van der Waals surface area contributed by atoms with Crippen molar-refractivity contribution in [3.05, 3.63) is 36.7 Å². The van der Waals surface area contributed by atoms with Gasteiger partial charge in [-0.25, -0.2) is 9.97 Å². The zero-order valence-electron chi connectivity index (χ0n) is 18.0. The fourth-order valence-corrected chi connectivity index (χ4v) is 4.09. The van der Waals surface area contributed by atoms with E-state index in [1.54, 1.807) is 27.5 Å². The summed E-state index contributed by atoms with van der Waals surface area (Å²) in [7, 11) is 4.79. The SMILES string of the molecule is C=C(c1c[nH]c2ncc(-c3cc(OC)c(OC)c(OC)c3)nc12)C1(C)CCNCC1. The van der Waals surface area contributed by atoms with Gasteiger partial charge in [-0.2, -0.15) is 0 Å². The van der Waals surface area contributed by atoms with E-state index in [1.165, 1.54) is 0 Å². The Kier molecular flexibility index (Phi) is 5.39. The Balaban J connectivity index is 1.79. The maximum atomic E-state index is 5.49. The van der Waals surface area contributed by atoms with E-state index in [2.05, 4.69) is 28.8 Å². The van der Waals surface area contributed by atoms with Crippen molar-refractivity contribution in [1.29, 1.82) is 0 Å². The van der Waals surface area contributed by atoms with Gasteiger partial charge in [-0.1, -0.05) is 13.5 Å². The molecule has 1 aliphatic rings. The van der Waals surface area contributed by atoms with Gasteiger partial charge in [0.2, 0.25) is 5.75 Å². The number of aromatic amines is 1. The van der Waals surface area contributed by atoms with E-state index < -0.39 is 0 Å². The minimum Gasteiger partial charge on any atom is -0.493 e. The molecular formula is C23H28N4O3. The van der Waals surface area contributed by atoms with Gasteiger partial charge in [0, 0.05) is 17.3 Å². The lowest BCUT2D eigenvalue weighted by atomic mass is 9.73. The number of hydrogen-bond donors (Lipinski definition) is 2. The number of rotatable bonds is 6. The van der Waals surface area contributed by atoms with Crippen molar-refractivity contribution in [2.24, 2.45) is 5.41 Å². The topological polar surface area (TPSA) is 81.3 Å². The van der Waals surface area contributed by atoms with E-state index in [0.29, 0.717) is 17.2 Å². The summed E-state index contributed by atoms with van der Waals surface area (Å²) in [6.07, 6.45) is 5.83. The maximum absolute atomic E-state index is 5.49. The number of H-pyrrole nitrogens is 1. The van der Waals surface area contributed by atoms with E-state index in [9.17, 15) is 0 Å². The van der Waals surface area contributed by atoms with Gasteiger partial charge in [0.25, 0.3) is 0 Å². The van der Waals surface area contributed by atoms with Crippen molar-refractivity contribution in [2.45, 2.75) is 19.8 Å². The van der Waals surface area contributed by atoms with Crippen LogP contribution in [-0.2, 0) is 0 Å². The first-order valence-electron chi connectivity index (χ1n) is 10.1. The fraction of sp³-hybridized carbons (Fsp3) is 0.391. The molecule has 7 heteroatoms. The van der Waals surface area contributed by atoms with Crippen LogP contribution in [0.25, 0.3) is 28.0 Å². The Hall–Kier alpha value is -3.06. The Morgan fingerprint density at radius 2 is 1.73 bits per heavy atom. The highest BCUT2D eigenvalue weighted by molar-refractivity contribution is 5.89. The zero-order valence-corrected chi connectivity index (χ0v) is 18.0. The molecule has 0 radical (unpaired) electrons. The minimum atomic E-state index is 0.0462. The molecule has 2 aromatic heterocycles. The van der Waals surface area contributed by atoms with Crippen molar-refractivity contribution in [3.8, 4) is 28.5 Å². The number of nitrogens with zero attached hydrogens (tertiary/aromatic N) is 2. The van der Waals surface area contributed by atoms with E-state index in [0.717, 1.165) is 59.5 Å². The standard InChI is InChI=1S/C23H28N4O3/c1-14(23(2)6-8-24-9-7-23)16-12-25-22-20(16)27-17(13-26-22)15-10-18(28-3)21(30-5)19(11-15)29-4/h10-13,24H,1,6-9H2,2-5H3,(H,25,26). The molecule has 1 saturated heterocycles.